The molecule has 0 amide bonds. The molecule has 0 radical (unpaired) electrons. The van der Waals surface area contributed by atoms with Crippen LogP contribution < -0.4 is 5.73 Å². The fraction of sp³-hybridized carbons (Fsp3) is 0.545. The van der Waals surface area contributed by atoms with Crippen LogP contribution in [0.2, 0.25) is 0 Å². The lowest BCUT2D eigenvalue weighted by Gasteiger charge is -2.14. The Bertz CT molecular complexity index is 317. The third kappa shape index (κ3) is 1.48. The lowest BCUT2D eigenvalue weighted by molar-refractivity contribution is -0.140. The van der Waals surface area contributed by atoms with Gasteiger partial charge in [-0.25, -0.2) is 0 Å². The molecule has 0 aliphatic heterocycles. The van der Waals surface area contributed by atoms with Crippen molar-refractivity contribution in [3.8, 4) is 0 Å². The van der Waals surface area contributed by atoms with Gasteiger partial charge < -0.3 is 10.5 Å². The molecular formula is C11H15NO2. The molecule has 2 unspecified atom stereocenters. The molecule has 0 saturated carbocycles. The van der Waals surface area contributed by atoms with E-state index in [4.69, 9.17) is 10.5 Å². The first kappa shape index (κ1) is 9.46. The molecule has 2 rings (SSSR count). The van der Waals surface area contributed by atoms with E-state index >= 15 is 0 Å². The van der Waals surface area contributed by atoms with E-state index in [1.54, 1.807) is 0 Å². The summed E-state index contributed by atoms with van der Waals surface area (Å²) in [4.78, 5) is 10.7. The molecule has 2 bridgehead atoms. The monoisotopic (exact) mass is 193 g/mol. The quantitative estimate of drug-likeness (QED) is 0.537. The minimum Gasteiger partial charge on any atom is -0.461 e. The molecule has 0 aromatic rings. The van der Waals surface area contributed by atoms with Crippen LogP contribution >= 0.6 is 0 Å². The number of ether oxygens (including phenoxy) is 1. The van der Waals surface area contributed by atoms with Crippen molar-refractivity contribution in [2.45, 2.75) is 13.3 Å². The van der Waals surface area contributed by atoms with Gasteiger partial charge in [0, 0.05) is 25.3 Å². The Hall–Kier alpha value is -1.09. The average molecular weight is 193 g/mol. The zero-order chi connectivity index (χ0) is 10.1. The highest BCUT2D eigenvalue weighted by molar-refractivity contribution is 5.66. The van der Waals surface area contributed by atoms with Crippen LogP contribution in [0.5, 0.6) is 0 Å². The third-order valence-corrected chi connectivity index (χ3v) is 3.04. The van der Waals surface area contributed by atoms with Gasteiger partial charge in [0.15, 0.2) is 0 Å². The van der Waals surface area contributed by atoms with Crippen LogP contribution in [0.4, 0.5) is 0 Å². The van der Waals surface area contributed by atoms with Crippen LogP contribution in [0.1, 0.15) is 13.3 Å². The van der Waals surface area contributed by atoms with Crippen LogP contribution in [0, 0.1) is 11.8 Å². The Kier molecular flexibility index (Phi) is 2.42. The summed E-state index contributed by atoms with van der Waals surface area (Å²) in [5, 5.41) is 0. The number of hydrogen-bond donors (Lipinski definition) is 1. The Morgan fingerprint density at radius 1 is 1.50 bits per heavy atom. The lowest BCUT2D eigenvalue weighted by atomic mass is 9.98. The summed E-state index contributed by atoms with van der Waals surface area (Å²) < 4.78 is 5.02. The van der Waals surface area contributed by atoms with Crippen LogP contribution in [0.25, 0.3) is 0 Å². The Morgan fingerprint density at radius 3 is 2.71 bits per heavy atom. The van der Waals surface area contributed by atoms with Crippen molar-refractivity contribution in [2.75, 3.05) is 13.2 Å². The maximum absolute atomic E-state index is 10.7. The Morgan fingerprint density at radius 2 is 2.14 bits per heavy atom. The minimum absolute atomic E-state index is 0.222. The molecule has 3 heteroatoms. The van der Waals surface area contributed by atoms with Crippen LogP contribution in [-0.2, 0) is 9.53 Å². The van der Waals surface area contributed by atoms with E-state index in [0.29, 0.717) is 25.0 Å². The largest absolute Gasteiger partial charge is 0.461 e. The lowest BCUT2D eigenvalue weighted by Crippen LogP contribution is -2.14. The molecule has 14 heavy (non-hydrogen) atoms. The standard InChI is InChI=1S/C11H15NO2/c1-7(13)14-6-11-9-3-2-8(4-9)10(11)5-12/h2-3,8-9H,4-6,12H2,1H3. The van der Waals surface area contributed by atoms with Gasteiger partial charge in [-0.15, -0.1) is 0 Å². The Labute approximate surface area is 83.6 Å². The van der Waals surface area contributed by atoms with Gasteiger partial charge in [-0.2, -0.15) is 0 Å². The molecule has 0 aromatic heterocycles. The fourth-order valence-electron chi connectivity index (χ4n) is 2.35. The van der Waals surface area contributed by atoms with E-state index in [1.807, 2.05) is 0 Å². The molecule has 0 heterocycles. The van der Waals surface area contributed by atoms with Crippen LogP contribution in [-0.4, -0.2) is 19.1 Å². The molecule has 76 valence electrons. The third-order valence-electron chi connectivity index (χ3n) is 3.04. The highest BCUT2D eigenvalue weighted by Gasteiger charge is 2.34. The normalized spacial score (nSPS) is 28.7. The summed E-state index contributed by atoms with van der Waals surface area (Å²) in [5.74, 6) is 0.758. The maximum Gasteiger partial charge on any atom is 0.302 e. The zero-order valence-corrected chi connectivity index (χ0v) is 8.32. The van der Waals surface area contributed by atoms with Crippen molar-refractivity contribution >= 4 is 5.97 Å². The second kappa shape index (κ2) is 3.58. The smallest absolute Gasteiger partial charge is 0.302 e. The van der Waals surface area contributed by atoms with E-state index < -0.39 is 0 Å². The number of esters is 1. The van der Waals surface area contributed by atoms with Gasteiger partial charge in [-0.1, -0.05) is 12.2 Å². The second-order valence-electron chi connectivity index (χ2n) is 3.87. The summed E-state index contributed by atoms with van der Waals surface area (Å²) in [6.07, 6.45) is 5.54. The number of hydrogen-bond acceptors (Lipinski definition) is 3. The number of nitrogens with two attached hydrogens (primary N) is 1. The molecule has 2 aliphatic rings. The molecule has 0 fully saturated rings. The summed E-state index contributed by atoms with van der Waals surface area (Å²) in [6, 6.07) is 0. The molecule has 2 aliphatic carbocycles. The second-order valence-corrected chi connectivity index (χ2v) is 3.87. The first-order chi connectivity index (χ1) is 6.72. The highest BCUT2D eigenvalue weighted by Crippen LogP contribution is 2.43. The van der Waals surface area contributed by atoms with E-state index in [0.717, 1.165) is 6.42 Å². The topological polar surface area (TPSA) is 52.3 Å². The number of rotatable bonds is 3. The van der Waals surface area contributed by atoms with E-state index in [1.165, 1.54) is 18.1 Å². The van der Waals surface area contributed by atoms with Crippen molar-refractivity contribution in [1.29, 1.82) is 0 Å². The first-order valence-electron chi connectivity index (χ1n) is 4.96. The molecule has 3 nitrogen and oxygen atoms in total. The minimum atomic E-state index is -0.222. The molecule has 0 saturated heterocycles. The Balaban J connectivity index is 2.08. The summed E-state index contributed by atoms with van der Waals surface area (Å²) >= 11 is 0. The summed E-state index contributed by atoms with van der Waals surface area (Å²) in [5.41, 5.74) is 8.19. The average Bonchev–Trinajstić information content (AvgIpc) is 2.72. The van der Waals surface area contributed by atoms with Crippen molar-refractivity contribution in [3.05, 3.63) is 23.3 Å². The van der Waals surface area contributed by atoms with E-state index in [2.05, 4.69) is 12.2 Å². The fourth-order valence-corrected chi connectivity index (χ4v) is 2.35. The van der Waals surface area contributed by atoms with Crippen LogP contribution in [0.3, 0.4) is 0 Å². The summed E-state index contributed by atoms with van der Waals surface area (Å²) in [7, 11) is 0. The summed E-state index contributed by atoms with van der Waals surface area (Å²) in [6.45, 7) is 2.45. The van der Waals surface area contributed by atoms with Gasteiger partial charge in [0.1, 0.15) is 6.61 Å². The van der Waals surface area contributed by atoms with Gasteiger partial charge in [-0.05, 0) is 17.6 Å². The number of carbonyl (C=O) groups is 1. The molecule has 0 aromatic carbocycles. The van der Waals surface area contributed by atoms with E-state index in [9.17, 15) is 4.79 Å². The van der Waals surface area contributed by atoms with Gasteiger partial charge >= 0.3 is 5.97 Å². The van der Waals surface area contributed by atoms with Crippen molar-refractivity contribution in [1.82, 2.24) is 0 Å². The molecule has 2 N–H and O–H groups in total. The highest BCUT2D eigenvalue weighted by atomic mass is 16.5. The zero-order valence-electron chi connectivity index (χ0n) is 8.32. The van der Waals surface area contributed by atoms with Crippen molar-refractivity contribution < 1.29 is 9.53 Å². The molecular weight excluding hydrogens is 178 g/mol. The van der Waals surface area contributed by atoms with Gasteiger partial charge in [0.05, 0.1) is 0 Å². The number of carbonyl (C=O) groups excluding carboxylic acids is 1. The predicted molar refractivity (Wildman–Crippen MR) is 53.5 cm³/mol. The van der Waals surface area contributed by atoms with Gasteiger partial charge in [0.2, 0.25) is 0 Å². The first-order valence-corrected chi connectivity index (χ1v) is 4.96. The van der Waals surface area contributed by atoms with Gasteiger partial charge in [-0.3, -0.25) is 4.79 Å². The molecule has 0 spiro atoms. The van der Waals surface area contributed by atoms with Gasteiger partial charge in [0.25, 0.3) is 0 Å². The van der Waals surface area contributed by atoms with Crippen molar-refractivity contribution in [2.24, 2.45) is 17.6 Å². The number of allylic oxidation sites excluding steroid dienone is 2. The van der Waals surface area contributed by atoms with Crippen molar-refractivity contribution in [3.63, 3.8) is 0 Å². The predicted octanol–water partition coefficient (Wildman–Crippen LogP) is 1.01. The SMILES string of the molecule is CC(=O)OCC1=C(CN)C2C=CC1C2. The van der Waals surface area contributed by atoms with E-state index in [-0.39, 0.29) is 5.97 Å². The molecule has 2 atom stereocenters. The maximum atomic E-state index is 10.7. The number of fused-ring (bicyclic) bond motifs is 2. The van der Waals surface area contributed by atoms with Crippen LogP contribution in [0.15, 0.2) is 23.3 Å².